The molecule has 25 heavy (non-hydrogen) atoms. The Kier molecular flexibility index (Phi) is 5.06. The maximum Gasteiger partial charge on any atom is 0.159 e. The third-order valence-electron chi connectivity index (χ3n) is 4.65. The van der Waals surface area contributed by atoms with E-state index in [-0.39, 0.29) is 18.2 Å². The summed E-state index contributed by atoms with van der Waals surface area (Å²) in [6.45, 7) is 3.89. The summed E-state index contributed by atoms with van der Waals surface area (Å²) in [7, 11) is 0. The zero-order chi connectivity index (χ0) is 16.7. The second kappa shape index (κ2) is 7.10. The highest BCUT2D eigenvalue weighted by atomic mass is 35.5. The monoisotopic (exact) mass is 373 g/mol. The number of thiophene rings is 1. The predicted molar refractivity (Wildman–Crippen MR) is 106 cm³/mol. The van der Waals surface area contributed by atoms with Crippen molar-refractivity contribution in [3.63, 3.8) is 0 Å². The lowest BCUT2D eigenvalue weighted by atomic mass is 9.89. The number of carbonyl (C=O) groups excluding carboxylic acids is 1. The van der Waals surface area contributed by atoms with Crippen molar-refractivity contribution in [3.8, 4) is 0 Å². The Morgan fingerprint density at radius 1 is 1.24 bits per heavy atom. The van der Waals surface area contributed by atoms with Crippen molar-refractivity contribution in [2.24, 2.45) is 5.92 Å². The zero-order valence-corrected chi connectivity index (χ0v) is 15.8. The number of rotatable bonds is 3. The van der Waals surface area contributed by atoms with Gasteiger partial charge in [0.05, 0.1) is 5.39 Å². The summed E-state index contributed by atoms with van der Waals surface area (Å²) in [5, 5.41) is 4.57. The smallest absolute Gasteiger partial charge is 0.159 e. The van der Waals surface area contributed by atoms with Gasteiger partial charge < -0.3 is 5.32 Å². The van der Waals surface area contributed by atoms with Gasteiger partial charge in [-0.15, -0.1) is 23.7 Å². The van der Waals surface area contributed by atoms with Gasteiger partial charge in [0, 0.05) is 16.1 Å². The summed E-state index contributed by atoms with van der Waals surface area (Å²) in [6.07, 6.45) is 5.09. The fourth-order valence-electron chi connectivity index (χ4n) is 3.29. The summed E-state index contributed by atoms with van der Waals surface area (Å²) in [6, 6.07) is 7.53. The Morgan fingerprint density at radius 2 is 2.00 bits per heavy atom. The number of hydrogen-bond acceptors (Lipinski definition) is 5. The molecule has 4 rings (SSSR count). The normalized spacial score (nSPS) is 16.2. The maximum atomic E-state index is 11.4. The molecule has 1 N–H and O–H groups in total. The number of fused-ring (bicyclic) bond motifs is 3. The summed E-state index contributed by atoms with van der Waals surface area (Å²) in [4.78, 5) is 22.9. The highest BCUT2D eigenvalue weighted by Gasteiger charge is 2.23. The first-order chi connectivity index (χ1) is 11.6. The van der Waals surface area contributed by atoms with E-state index in [1.165, 1.54) is 22.2 Å². The van der Waals surface area contributed by atoms with E-state index in [1.54, 1.807) is 24.6 Å². The molecule has 0 saturated carbocycles. The van der Waals surface area contributed by atoms with Gasteiger partial charge in [-0.25, -0.2) is 9.97 Å². The first-order valence-electron chi connectivity index (χ1n) is 8.25. The van der Waals surface area contributed by atoms with Gasteiger partial charge in [0.2, 0.25) is 0 Å². The number of anilines is 2. The second-order valence-corrected chi connectivity index (χ2v) is 7.60. The SMILES string of the molecule is CC(=O)c1ccc(Nc2ncnc3sc4c(c23)CCC(C)C4)cc1.Cl. The number of nitrogens with one attached hydrogen (secondary N) is 1. The Morgan fingerprint density at radius 3 is 2.72 bits per heavy atom. The van der Waals surface area contributed by atoms with Crippen LogP contribution < -0.4 is 5.32 Å². The number of nitrogens with zero attached hydrogens (tertiary/aromatic N) is 2. The van der Waals surface area contributed by atoms with Gasteiger partial charge in [-0.2, -0.15) is 0 Å². The number of aryl methyl sites for hydroxylation is 1. The third-order valence-corrected chi connectivity index (χ3v) is 5.81. The van der Waals surface area contributed by atoms with E-state index in [9.17, 15) is 4.79 Å². The van der Waals surface area contributed by atoms with Gasteiger partial charge in [-0.05, 0) is 61.9 Å². The van der Waals surface area contributed by atoms with Crippen LogP contribution in [0.1, 0.15) is 41.1 Å². The molecule has 1 aliphatic carbocycles. The van der Waals surface area contributed by atoms with Gasteiger partial charge in [0.1, 0.15) is 17.0 Å². The molecule has 2 heterocycles. The standard InChI is InChI=1S/C19H19N3OS.ClH/c1-11-3-8-15-16(9-11)24-19-17(15)18(20-10-21-19)22-14-6-4-13(5-7-14)12(2)23;/h4-7,10-11H,3,8-9H2,1-2H3,(H,20,21,22);1H. The molecule has 0 radical (unpaired) electrons. The minimum Gasteiger partial charge on any atom is -0.340 e. The van der Waals surface area contributed by atoms with Crippen molar-refractivity contribution in [1.29, 1.82) is 0 Å². The van der Waals surface area contributed by atoms with Crippen LogP contribution in [0.15, 0.2) is 30.6 Å². The average molecular weight is 374 g/mol. The van der Waals surface area contributed by atoms with Gasteiger partial charge >= 0.3 is 0 Å². The molecule has 130 valence electrons. The minimum absolute atomic E-state index is 0. The number of carbonyl (C=O) groups is 1. The molecule has 0 fully saturated rings. The lowest BCUT2D eigenvalue weighted by Crippen LogP contribution is -2.09. The molecule has 3 aromatic rings. The van der Waals surface area contributed by atoms with E-state index >= 15 is 0 Å². The summed E-state index contributed by atoms with van der Waals surface area (Å²) < 4.78 is 0. The molecule has 1 aromatic carbocycles. The highest BCUT2D eigenvalue weighted by Crippen LogP contribution is 2.40. The molecule has 0 bridgehead atoms. The van der Waals surface area contributed by atoms with Crippen molar-refractivity contribution in [2.75, 3.05) is 5.32 Å². The molecule has 1 atom stereocenters. The highest BCUT2D eigenvalue weighted by molar-refractivity contribution is 7.19. The molecule has 4 nitrogen and oxygen atoms in total. The van der Waals surface area contributed by atoms with E-state index < -0.39 is 0 Å². The molecule has 0 spiro atoms. The maximum absolute atomic E-state index is 11.4. The topological polar surface area (TPSA) is 54.9 Å². The van der Waals surface area contributed by atoms with Crippen LogP contribution in [0.5, 0.6) is 0 Å². The van der Waals surface area contributed by atoms with Gasteiger partial charge in [-0.3, -0.25) is 4.79 Å². The number of halogens is 1. The molecule has 6 heteroatoms. The molecular formula is C19H20ClN3OS. The molecule has 0 saturated heterocycles. The van der Waals surface area contributed by atoms with E-state index in [4.69, 9.17) is 0 Å². The number of benzene rings is 1. The van der Waals surface area contributed by atoms with Crippen LogP contribution in [0.2, 0.25) is 0 Å². The Labute approximate surface area is 157 Å². The fourth-order valence-corrected chi connectivity index (χ4v) is 4.65. The fraction of sp³-hybridized carbons (Fsp3) is 0.316. The number of hydrogen-bond donors (Lipinski definition) is 1. The van der Waals surface area contributed by atoms with E-state index in [2.05, 4.69) is 22.2 Å². The van der Waals surface area contributed by atoms with E-state index in [0.717, 1.165) is 40.7 Å². The average Bonchev–Trinajstić information content (AvgIpc) is 2.93. The van der Waals surface area contributed by atoms with Crippen molar-refractivity contribution in [3.05, 3.63) is 46.6 Å². The molecule has 0 amide bonds. The quantitative estimate of drug-likeness (QED) is 0.642. The first kappa shape index (κ1) is 17.8. The number of Topliss-reactive ketones (excluding diaryl/α,β-unsaturated/α-hetero) is 1. The molecule has 1 unspecified atom stereocenters. The van der Waals surface area contributed by atoms with Crippen LogP contribution in [0.3, 0.4) is 0 Å². The summed E-state index contributed by atoms with van der Waals surface area (Å²) in [5.74, 6) is 1.68. The lowest BCUT2D eigenvalue weighted by molar-refractivity contribution is 0.101. The molecule has 1 aliphatic rings. The summed E-state index contributed by atoms with van der Waals surface area (Å²) >= 11 is 1.80. The Balaban J connectivity index is 0.00000182. The molecule has 2 aromatic heterocycles. The molecule has 0 aliphatic heterocycles. The van der Waals surface area contributed by atoms with Crippen LogP contribution in [-0.2, 0) is 12.8 Å². The van der Waals surface area contributed by atoms with E-state index in [1.807, 2.05) is 24.3 Å². The van der Waals surface area contributed by atoms with Crippen molar-refractivity contribution in [1.82, 2.24) is 9.97 Å². The van der Waals surface area contributed by atoms with Gasteiger partial charge in [0.15, 0.2) is 5.78 Å². The van der Waals surface area contributed by atoms with Crippen molar-refractivity contribution in [2.45, 2.75) is 33.1 Å². The third kappa shape index (κ3) is 3.39. The van der Waals surface area contributed by atoms with Crippen LogP contribution >= 0.6 is 23.7 Å². The number of aromatic nitrogens is 2. The van der Waals surface area contributed by atoms with Crippen molar-refractivity contribution >= 4 is 51.2 Å². The largest absolute Gasteiger partial charge is 0.340 e. The second-order valence-electron chi connectivity index (χ2n) is 6.51. The first-order valence-corrected chi connectivity index (χ1v) is 9.06. The Hall–Kier alpha value is -1.98. The minimum atomic E-state index is 0. The van der Waals surface area contributed by atoms with Crippen LogP contribution in [0.4, 0.5) is 11.5 Å². The van der Waals surface area contributed by atoms with Gasteiger partial charge in [0.25, 0.3) is 0 Å². The number of ketones is 1. The summed E-state index contributed by atoms with van der Waals surface area (Å²) in [5.41, 5.74) is 3.07. The zero-order valence-electron chi connectivity index (χ0n) is 14.2. The lowest BCUT2D eigenvalue weighted by Gasteiger charge is -2.18. The van der Waals surface area contributed by atoms with Crippen LogP contribution in [0, 0.1) is 5.92 Å². The van der Waals surface area contributed by atoms with E-state index in [0.29, 0.717) is 0 Å². The predicted octanol–water partition coefficient (Wildman–Crippen LogP) is 5.18. The van der Waals surface area contributed by atoms with Crippen molar-refractivity contribution < 1.29 is 4.79 Å². The van der Waals surface area contributed by atoms with Crippen LogP contribution in [0.25, 0.3) is 10.2 Å². The Bertz CT molecular complexity index is 920. The van der Waals surface area contributed by atoms with Crippen LogP contribution in [-0.4, -0.2) is 15.8 Å². The van der Waals surface area contributed by atoms with Gasteiger partial charge in [-0.1, -0.05) is 6.92 Å². The molecular weight excluding hydrogens is 354 g/mol.